The van der Waals surface area contributed by atoms with Gasteiger partial charge in [0.1, 0.15) is 5.75 Å². The number of hydrogen-bond donors (Lipinski definition) is 0. The topological polar surface area (TPSA) is 29.5 Å². The Bertz CT molecular complexity index is 508. The minimum absolute atomic E-state index is 0.260. The zero-order valence-electron chi connectivity index (χ0n) is 13.8. The van der Waals surface area contributed by atoms with Crippen molar-refractivity contribution in [2.75, 3.05) is 6.61 Å². The third-order valence-electron chi connectivity index (χ3n) is 4.41. The van der Waals surface area contributed by atoms with Gasteiger partial charge >= 0.3 is 0 Å². The lowest BCUT2D eigenvalue weighted by atomic mass is 9.97. The van der Waals surface area contributed by atoms with Crippen molar-refractivity contribution in [3.8, 4) is 5.75 Å². The third kappa shape index (κ3) is 4.39. The first kappa shape index (κ1) is 17.1. The molecule has 4 heteroatoms. The van der Waals surface area contributed by atoms with E-state index in [0.29, 0.717) is 30.1 Å². The largest absolute Gasteiger partial charge is 0.493 e. The van der Waals surface area contributed by atoms with Crippen LogP contribution in [-0.4, -0.2) is 29.5 Å². The summed E-state index contributed by atoms with van der Waals surface area (Å²) in [5.41, 5.74) is 1.03. The Hall–Kier alpha value is -1.22. The minimum Gasteiger partial charge on any atom is -0.493 e. The van der Waals surface area contributed by atoms with E-state index in [0.717, 1.165) is 30.6 Å². The first-order valence-corrected chi connectivity index (χ1v) is 8.57. The maximum absolute atomic E-state index is 12.4. The van der Waals surface area contributed by atoms with Crippen LogP contribution < -0.4 is 4.74 Å². The molecule has 3 nitrogen and oxygen atoms in total. The number of benzene rings is 1. The van der Waals surface area contributed by atoms with Gasteiger partial charge in [-0.3, -0.25) is 4.79 Å². The summed E-state index contributed by atoms with van der Waals surface area (Å²) in [5.74, 6) is 1.10. The van der Waals surface area contributed by atoms with Crippen LogP contribution in [0.3, 0.4) is 0 Å². The first-order valence-electron chi connectivity index (χ1n) is 8.19. The quantitative estimate of drug-likeness (QED) is 0.741. The number of rotatable bonds is 5. The van der Waals surface area contributed by atoms with Gasteiger partial charge in [0.05, 0.1) is 6.61 Å². The molecule has 0 N–H and O–H groups in total. The molecule has 1 aliphatic heterocycles. The molecule has 0 spiro atoms. The Kier molecular flexibility index (Phi) is 6.13. The molecule has 0 aliphatic carbocycles. The van der Waals surface area contributed by atoms with E-state index in [-0.39, 0.29) is 5.91 Å². The Labute approximate surface area is 138 Å². The van der Waals surface area contributed by atoms with Crippen LogP contribution in [0.5, 0.6) is 5.75 Å². The molecule has 1 saturated heterocycles. The van der Waals surface area contributed by atoms with Crippen molar-refractivity contribution < 1.29 is 9.53 Å². The predicted octanol–water partition coefficient (Wildman–Crippen LogP) is 4.60. The summed E-state index contributed by atoms with van der Waals surface area (Å²) in [6.07, 6.45) is 4.77. The smallest absolute Gasteiger partial charge is 0.223 e. The molecule has 0 saturated carbocycles. The van der Waals surface area contributed by atoms with Crippen LogP contribution in [0.4, 0.5) is 0 Å². The van der Waals surface area contributed by atoms with Crippen molar-refractivity contribution in [3.63, 3.8) is 0 Å². The lowest BCUT2D eigenvalue weighted by Crippen LogP contribution is -2.47. The van der Waals surface area contributed by atoms with Crippen LogP contribution in [0.1, 0.15) is 51.5 Å². The van der Waals surface area contributed by atoms with Gasteiger partial charge in [-0.2, -0.15) is 0 Å². The van der Waals surface area contributed by atoms with Crippen molar-refractivity contribution in [1.82, 2.24) is 4.90 Å². The van der Waals surface area contributed by atoms with Gasteiger partial charge in [-0.05, 0) is 70.2 Å². The molecule has 2 atom stereocenters. The third-order valence-corrected chi connectivity index (χ3v) is 4.65. The molecule has 122 valence electrons. The number of carbonyl (C=O) groups is 1. The van der Waals surface area contributed by atoms with E-state index in [4.69, 9.17) is 16.3 Å². The molecule has 1 aliphatic rings. The molecule has 2 rings (SSSR count). The second kappa shape index (κ2) is 7.87. The number of halogens is 1. The van der Waals surface area contributed by atoms with Crippen LogP contribution in [0.2, 0.25) is 5.02 Å². The van der Waals surface area contributed by atoms with Gasteiger partial charge in [-0.15, -0.1) is 0 Å². The molecule has 0 aromatic heterocycles. The van der Waals surface area contributed by atoms with Gasteiger partial charge in [0, 0.05) is 23.5 Å². The van der Waals surface area contributed by atoms with Gasteiger partial charge < -0.3 is 9.64 Å². The van der Waals surface area contributed by atoms with Crippen molar-refractivity contribution in [2.24, 2.45) is 0 Å². The zero-order valence-corrected chi connectivity index (χ0v) is 14.5. The van der Waals surface area contributed by atoms with E-state index in [2.05, 4.69) is 18.7 Å². The highest BCUT2D eigenvalue weighted by molar-refractivity contribution is 6.30. The number of nitrogens with zero attached hydrogens (tertiary/aromatic N) is 1. The van der Waals surface area contributed by atoms with E-state index in [1.165, 1.54) is 6.42 Å². The fourth-order valence-electron chi connectivity index (χ4n) is 3.22. The van der Waals surface area contributed by atoms with Gasteiger partial charge in [-0.1, -0.05) is 11.6 Å². The SMILES string of the molecule is Cc1cc(Cl)ccc1OCCCC(=O)N1[C@H](C)CCC[C@@H]1C. The molecule has 1 aromatic carbocycles. The lowest BCUT2D eigenvalue weighted by Gasteiger charge is -2.39. The minimum atomic E-state index is 0.260. The van der Waals surface area contributed by atoms with Crippen molar-refractivity contribution in [3.05, 3.63) is 28.8 Å². The molecule has 0 unspecified atom stereocenters. The summed E-state index contributed by atoms with van der Waals surface area (Å²) in [7, 11) is 0. The lowest BCUT2D eigenvalue weighted by molar-refractivity contribution is -0.137. The molecule has 1 amide bonds. The molecule has 1 fully saturated rings. The summed E-state index contributed by atoms with van der Waals surface area (Å²) in [6, 6.07) is 6.34. The molecule has 0 radical (unpaired) electrons. The fourth-order valence-corrected chi connectivity index (χ4v) is 3.45. The first-order chi connectivity index (χ1) is 10.5. The average Bonchev–Trinajstić information content (AvgIpc) is 2.45. The van der Waals surface area contributed by atoms with Gasteiger partial charge in [0.25, 0.3) is 0 Å². The van der Waals surface area contributed by atoms with Crippen LogP contribution in [0.15, 0.2) is 18.2 Å². The maximum Gasteiger partial charge on any atom is 0.223 e. The van der Waals surface area contributed by atoms with Crippen molar-refractivity contribution >= 4 is 17.5 Å². The second-order valence-electron chi connectivity index (χ2n) is 6.29. The standard InChI is InChI=1S/C18H26ClNO2/c1-13-12-16(19)9-10-17(13)22-11-5-8-18(21)20-14(2)6-4-7-15(20)3/h9-10,12,14-15H,4-8,11H2,1-3H3/t14-,15+. The van der Waals surface area contributed by atoms with Crippen LogP contribution in [-0.2, 0) is 4.79 Å². The van der Waals surface area contributed by atoms with E-state index in [9.17, 15) is 4.79 Å². The molecule has 1 heterocycles. The Morgan fingerprint density at radius 3 is 2.64 bits per heavy atom. The highest BCUT2D eigenvalue weighted by Crippen LogP contribution is 2.24. The number of hydrogen-bond acceptors (Lipinski definition) is 2. The second-order valence-corrected chi connectivity index (χ2v) is 6.73. The predicted molar refractivity (Wildman–Crippen MR) is 90.5 cm³/mol. The van der Waals surface area contributed by atoms with E-state index in [1.807, 2.05) is 25.1 Å². The van der Waals surface area contributed by atoms with Crippen LogP contribution in [0, 0.1) is 6.92 Å². The van der Waals surface area contributed by atoms with E-state index >= 15 is 0 Å². The van der Waals surface area contributed by atoms with Gasteiger partial charge in [-0.25, -0.2) is 0 Å². The summed E-state index contributed by atoms with van der Waals surface area (Å²) >= 11 is 5.93. The monoisotopic (exact) mass is 323 g/mol. The van der Waals surface area contributed by atoms with Crippen molar-refractivity contribution in [2.45, 2.75) is 65.0 Å². The number of ether oxygens (including phenoxy) is 1. The van der Waals surface area contributed by atoms with Crippen LogP contribution >= 0.6 is 11.6 Å². The zero-order chi connectivity index (χ0) is 16.1. The number of amides is 1. The maximum atomic E-state index is 12.4. The number of carbonyl (C=O) groups excluding carboxylic acids is 1. The Morgan fingerprint density at radius 2 is 2.00 bits per heavy atom. The number of piperidine rings is 1. The average molecular weight is 324 g/mol. The molecular formula is C18H26ClNO2. The summed E-state index contributed by atoms with van der Waals surface area (Å²) < 4.78 is 5.75. The molecular weight excluding hydrogens is 298 g/mol. The fraction of sp³-hybridized carbons (Fsp3) is 0.611. The summed E-state index contributed by atoms with van der Waals surface area (Å²) in [5, 5.41) is 0.716. The van der Waals surface area contributed by atoms with Crippen LogP contribution in [0.25, 0.3) is 0 Å². The highest BCUT2D eigenvalue weighted by Gasteiger charge is 2.28. The Balaban J connectivity index is 1.77. The van der Waals surface area contributed by atoms with Gasteiger partial charge in [0.2, 0.25) is 5.91 Å². The van der Waals surface area contributed by atoms with Crippen molar-refractivity contribution in [1.29, 1.82) is 0 Å². The summed E-state index contributed by atoms with van der Waals surface area (Å²) in [4.78, 5) is 14.5. The van der Waals surface area contributed by atoms with E-state index < -0.39 is 0 Å². The van der Waals surface area contributed by atoms with E-state index in [1.54, 1.807) is 0 Å². The molecule has 0 bridgehead atoms. The van der Waals surface area contributed by atoms with Gasteiger partial charge in [0.15, 0.2) is 0 Å². The molecule has 1 aromatic rings. The summed E-state index contributed by atoms with van der Waals surface area (Å²) in [6.45, 7) is 6.84. The molecule has 22 heavy (non-hydrogen) atoms. The normalized spacial score (nSPS) is 21.7. The highest BCUT2D eigenvalue weighted by atomic mass is 35.5. The Morgan fingerprint density at radius 1 is 1.32 bits per heavy atom. The number of likely N-dealkylation sites (tertiary alicyclic amines) is 1. The number of aryl methyl sites for hydroxylation is 1.